The smallest absolute Gasteiger partial charge is 0.263 e. The van der Waals surface area contributed by atoms with Crippen LogP contribution in [-0.4, -0.2) is 21.9 Å². The van der Waals surface area contributed by atoms with Crippen LogP contribution in [0.15, 0.2) is 0 Å². The zero-order chi connectivity index (χ0) is 13.1. The summed E-state index contributed by atoms with van der Waals surface area (Å²) in [6.45, 7) is 0. The van der Waals surface area contributed by atoms with E-state index in [0.717, 1.165) is 0 Å². The maximum absolute atomic E-state index is 10.8. The Kier molecular flexibility index (Phi) is 3.59. The Morgan fingerprint density at radius 1 is 1.00 bits per heavy atom. The second kappa shape index (κ2) is 4.74. The largest absolute Gasteiger partial charge is 0.309 e. The maximum Gasteiger partial charge on any atom is 0.309 e. The van der Waals surface area contributed by atoms with E-state index in [-0.39, 0.29) is 12.8 Å². The van der Waals surface area contributed by atoms with Crippen LogP contribution in [0, 0.1) is 48.3 Å². The normalized spacial score (nSPS) is 20.8. The summed E-state index contributed by atoms with van der Waals surface area (Å²) >= 11 is 0. The van der Waals surface area contributed by atoms with Crippen molar-refractivity contribution in [1.82, 2.24) is 0 Å². The number of nitriles is 2. The molecule has 2 atom stereocenters. The van der Waals surface area contributed by atoms with E-state index < -0.39 is 27.3 Å². The van der Waals surface area contributed by atoms with Crippen LogP contribution in [0.3, 0.4) is 0 Å². The maximum atomic E-state index is 10.8. The first kappa shape index (κ1) is 12.8. The zero-order valence-electron chi connectivity index (χ0n) is 8.90. The Hall–Kier alpha value is -2.22. The van der Waals surface area contributed by atoms with Gasteiger partial charge in [-0.1, -0.05) is 12.8 Å². The number of nitrogens with zero attached hydrogens (tertiary/aromatic N) is 4. The molecule has 0 aromatic heterocycles. The van der Waals surface area contributed by atoms with Gasteiger partial charge >= 0.3 is 12.1 Å². The van der Waals surface area contributed by atoms with Gasteiger partial charge in [0.2, 0.25) is 0 Å². The third kappa shape index (κ3) is 2.02. The zero-order valence-corrected chi connectivity index (χ0v) is 8.90. The Bertz CT molecular complexity index is 382. The molecule has 0 bridgehead atoms. The van der Waals surface area contributed by atoms with Crippen molar-refractivity contribution in [3.05, 3.63) is 20.2 Å². The Balaban J connectivity index is 3.23. The Morgan fingerprint density at radius 2 is 1.35 bits per heavy atom. The third-order valence-electron chi connectivity index (χ3n) is 3.29. The highest BCUT2D eigenvalue weighted by Gasteiger charge is 2.60. The highest BCUT2D eigenvalue weighted by Crippen LogP contribution is 2.45. The van der Waals surface area contributed by atoms with Crippen molar-refractivity contribution in [1.29, 1.82) is 10.5 Å². The van der Waals surface area contributed by atoms with Crippen molar-refractivity contribution in [2.45, 2.75) is 37.8 Å². The minimum atomic E-state index is -1.69. The summed E-state index contributed by atoms with van der Waals surface area (Å²) in [5.41, 5.74) is -1.45. The molecule has 0 amide bonds. The summed E-state index contributed by atoms with van der Waals surface area (Å²) in [5.74, 6) is 0. The van der Waals surface area contributed by atoms with Gasteiger partial charge in [0, 0.05) is 9.85 Å². The molecule has 1 fully saturated rings. The standard InChI is InChI=1S/C9H10N4O4/c10-5-7(12(14)15)9(3-1-2-4-9)8(6-11)13(16)17/h7-8H,1-4H2/t7-,8+. The SMILES string of the molecule is N#C[C@H]([N+](=O)[O-])C1([C@@H](C#N)[N+](=O)[O-])CCCC1. The molecule has 0 aromatic carbocycles. The number of nitro groups is 2. The molecule has 90 valence electrons. The van der Waals surface area contributed by atoms with E-state index in [4.69, 9.17) is 10.5 Å². The van der Waals surface area contributed by atoms with E-state index in [1.807, 2.05) is 0 Å². The van der Waals surface area contributed by atoms with Crippen LogP contribution in [0.2, 0.25) is 0 Å². The summed E-state index contributed by atoms with van der Waals surface area (Å²) in [6.07, 6.45) is 1.48. The highest BCUT2D eigenvalue weighted by molar-refractivity contribution is 5.10. The Labute approximate surface area is 96.7 Å². The molecule has 0 aromatic rings. The fourth-order valence-electron chi connectivity index (χ4n) is 2.50. The van der Waals surface area contributed by atoms with Gasteiger partial charge in [-0.05, 0) is 12.8 Å². The van der Waals surface area contributed by atoms with E-state index in [1.165, 1.54) is 12.1 Å². The van der Waals surface area contributed by atoms with Gasteiger partial charge in [-0.15, -0.1) is 0 Å². The summed E-state index contributed by atoms with van der Waals surface area (Å²) in [4.78, 5) is 20.0. The van der Waals surface area contributed by atoms with Crippen LogP contribution in [0.25, 0.3) is 0 Å². The van der Waals surface area contributed by atoms with E-state index in [0.29, 0.717) is 12.8 Å². The van der Waals surface area contributed by atoms with E-state index in [9.17, 15) is 20.2 Å². The molecule has 17 heavy (non-hydrogen) atoms. The van der Waals surface area contributed by atoms with Gasteiger partial charge in [-0.2, -0.15) is 10.5 Å². The molecule has 1 aliphatic carbocycles. The molecule has 0 unspecified atom stereocenters. The number of rotatable bonds is 4. The van der Waals surface area contributed by atoms with Crippen LogP contribution in [0.5, 0.6) is 0 Å². The molecule has 1 rings (SSSR count). The minimum absolute atomic E-state index is 0.172. The molecule has 0 N–H and O–H groups in total. The first-order valence-electron chi connectivity index (χ1n) is 5.06. The average Bonchev–Trinajstić information content (AvgIpc) is 2.68. The van der Waals surface area contributed by atoms with E-state index in [1.54, 1.807) is 0 Å². The second-order valence-electron chi connectivity index (χ2n) is 4.07. The summed E-state index contributed by atoms with van der Waals surface area (Å²) in [7, 11) is 0. The molecule has 0 saturated heterocycles. The fraction of sp³-hybridized carbons (Fsp3) is 0.778. The van der Waals surface area contributed by atoms with Gasteiger partial charge in [0.25, 0.3) is 0 Å². The first-order chi connectivity index (χ1) is 7.99. The topological polar surface area (TPSA) is 134 Å². The van der Waals surface area contributed by atoms with Crippen LogP contribution >= 0.6 is 0 Å². The number of hydrogen-bond donors (Lipinski definition) is 0. The predicted molar refractivity (Wildman–Crippen MR) is 53.7 cm³/mol. The lowest BCUT2D eigenvalue weighted by atomic mass is 9.73. The van der Waals surface area contributed by atoms with Gasteiger partial charge in [0.05, 0.1) is 0 Å². The quantitative estimate of drug-likeness (QED) is 0.527. The molecular weight excluding hydrogens is 228 g/mol. The number of hydrogen-bond acceptors (Lipinski definition) is 6. The van der Waals surface area contributed by atoms with Gasteiger partial charge in [-0.3, -0.25) is 20.2 Å². The van der Waals surface area contributed by atoms with Crippen LogP contribution in [0.4, 0.5) is 0 Å². The van der Waals surface area contributed by atoms with Crippen molar-refractivity contribution >= 4 is 0 Å². The predicted octanol–water partition coefficient (Wildman–Crippen LogP) is 0.885. The summed E-state index contributed by atoms with van der Waals surface area (Å²) in [6, 6.07) is -0.390. The first-order valence-corrected chi connectivity index (χ1v) is 5.06. The van der Waals surface area contributed by atoms with Crippen molar-refractivity contribution in [3.63, 3.8) is 0 Å². The molecule has 8 heteroatoms. The summed E-state index contributed by atoms with van der Waals surface area (Å²) in [5, 5.41) is 39.3. The highest BCUT2D eigenvalue weighted by atomic mass is 16.6. The van der Waals surface area contributed by atoms with Crippen LogP contribution in [0.1, 0.15) is 25.7 Å². The lowest BCUT2D eigenvalue weighted by Gasteiger charge is -2.26. The molecule has 8 nitrogen and oxygen atoms in total. The van der Waals surface area contributed by atoms with Gasteiger partial charge < -0.3 is 0 Å². The Morgan fingerprint density at radius 3 is 1.59 bits per heavy atom. The molecule has 1 aliphatic rings. The monoisotopic (exact) mass is 238 g/mol. The summed E-state index contributed by atoms with van der Waals surface area (Å²) < 4.78 is 0. The van der Waals surface area contributed by atoms with Crippen molar-refractivity contribution in [2.24, 2.45) is 5.41 Å². The second-order valence-corrected chi connectivity index (χ2v) is 4.07. The van der Waals surface area contributed by atoms with E-state index in [2.05, 4.69) is 0 Å². The van der Waals surface area contributed by atoms with E-state index >= 15 is 0 Å². The molecule has 0 radical (unpaired) electrons. The van der Waals surface area contributed by atoms with Gasteiger partial charge in [-0.25, -0.2) is 0 Å². The van der Waals surface area contributed by atoms with Crippen LogP contribution < -0.4 is 0 Å². The molecule has 0 spiro atoms. The van der Waals surface area contributed by atoms with Gasteiger partial charge in [0.15, 0.2) is 0 Å². The van der Waals surface area contributed by atoms with Crippen LogP contribution in [-0.2, 0) is 0 Å². The lowest BCUT2D eigenvalue weighted by Crippen LogP contribution is -2.49. The average molecular weight is 238 g/mol. The van der Waals surface area contributed by atoms with Crippen molar-refractivity contribution in [3.8, 4) is 12.1 Å². The third-order valence-corrected chi connectivity index (χ3v) is 3.29. The molecular formula is C9H10N4O4. The minimum Gasteiger partial charge on any atom is -0.263 e. The van der Waals surface area contributed by atoms with Crippen molar-refractivity contribution in [2.75, 3.05) is 0 Å². The molecule has 0 aliphatic heterocycles. The van der Waals surface area contributed by atoms with Gasteiger partial charge in [0.1, 0.15) is 17.6 Å². The fourth-order valence-corrected chi connectivity index (χ4v) is 2.50. The molecule has 1 saturated carbocycles. The molecule has 0 heterocycles. The van der Waals surface area contributed by atoms with Crippen molar-refractivity contribution < 1.29 is 9.85 Å². The lowest BCUT2D eigenvalue weighted by molar-refractivity contribution is -0.573.